The van der Waals surface area contributed by atoms with Crippen LogP contribution in [0.2, 0.25) is 0 Å². The molecule has 4 heteroatoms. The van der Waals surface area contributed by atoms with Gasteiger partial charge in [-0.3, -0.25) is 0 Å². The van der Waals surface area contributed by atoms with E-state index < -0.39 is 5.97 Å². The van der Waals surface area contributed by atoms with Gasteiger partial charge in [0, 0.05) is 0 Å². The normalized spacial score (nSPS) is 16.9. The fourth-order valence-corrected chi connectivity index (χ4v) is 2.30. The number of nitrogens with zero attached hydrogens (tertiary/aromatic N) is 2. The first-order chi connectivity index (χ1) is 8.63. The average molecular weight is 252 g/mol. The van der Waals surface area contributed by atoms with Crippen LogP contribution in [0.4, 0.5) is 0 Å². The molecule has 0 unspecified atom stereocenters. The molecule has 0 aromatic heterocycles. The highest BCUT2D eigenvalue weighted by molar-refractivity contribution is 5.86. The van der Waals surface area contributed by atoms with Crippen molar-refractivity contribution in [3.05, 3.63) is 11.8 Å². The molecular weight excluding hydrogens is 228 g/mol. The fraction of sp³-hybridized carbons (Fsp3) is 0.786. The number of unbranched alkanes of at least 4 members (excludes halogenated alkanes) is 4. The summed E-state index contributed by atoms with van der Waals surface area (Å²) >= 11 is 0. The van der Waals surface area contributed by atoms with Crippen molar-refractivity contribution in [2.45, 2.75) is 70.8 Å². The van der Waals surface area contributed by atoms with Crippen molar-refractivity contribution < 1.29 is 9.90 Å². The molecule has 0 atom stereocenters. The van der Waals surface area contributed by atoms with Crippen LogP contribution in [0.25, 0.3) is 0 Å². The van der Waals surface area contributed by atoms with Gasteiger partial charge in [0.15, 0.2) is 5.70 Å². The molecule has 0 amide bonds. The molecule has 1 aliphatic rings. The lowest BCUT2D eigenvalue weighted by molar-refractivity contribution is -0.132. The van der Waals surface area contributed by atoms with E-state index >= 15 is 0 Å². The molecule has 4 nitrogen and oxygen atoms in total. The maximum Gasteiger partial charge on any atom is 0.356 e. The molecule has 0 aromatic carbocycles. The zero-order chi connectivity index (χ0) is 13.4. The van der Waals surface area contributed by atoms with E-state index in [1.54, 1.807) is 6.08 Å². The van der Waals surface area contributed by atoms with Crippen LogP contribution in [0.3, 0.4) is 0 Å². The maximum atomic E-state index is 10.9. The number of carboxylic acids is 1. The van der Waals surface area contributed by atoms with Crippen LogP contribution in [0.5, 0.6) is 0 Å². The molecule has 0 saturated carbocycles. The standard InChI is InChI=1S/C14H24N2O2/c1-3-5-7-9-14(10-8-6-4-2)11-12(13(17)18)15-16-14/h11H,3-10H2,1-2H3,(H,17,18). The highest BCUT2D eigenvalue weighted by atomic mass is 16.4. The Morgan fingerprint density at radius 3 is 2.11 bits per heavy atom. The van der Waals surface area contributed by atoms with E-state index in [1.807, 2.05) is 0 Å². The van der Waals surface area contributed by atoms with Crippen molar-refractivity contribution in [3.63, 3.8) is 0 Å². The first-order valence-electron chi connectivity index (χ1n) is 7.02. The van der Waals surface area contributed by atoms with E-state index in [4.69, 9.17) is 5.11 Å². The van der Waals surface area contributed by atoms with Gasteiger partial charge in [0.1, 0.15) is 5.54 Å². The summed E-state index contributed by atoms with van der Waals surface area (Å²) in [6.07, 6.45) is 10.4. The van der Waals surface area contributed by atoms with E-state index in [2.05, 4.69) is 24.1 Å². The minimum absolute atomic E-state index is 0.114. The maximum absolute atomic E-state index is 10.9. The van der Waals surface area contributed by atoms with Crippen LogP contribution >= 0.6 is 0 Å². The van der Waals surface area contributed by atoms with Crippen molar-refractivity contribution >= 4 is 5.97 Å². The van der Waals surface area contributed by atoms with Crippen molar-refractivity contribution in [1.82, 2.24) is 0 Å². The minimum Gasteiger partial charge on any atom is -0.476 e. The predicted molar refractivity (Wildman–Crippen MR) is 71.6 cm³/mol. The van der Waals surface area contributed by atoms with Crippen molar-refractivity contribution in [2.75, 3.05) is 0 Å². The molecule has 0 aromatic rings. The fourth-order valence-electron chi connectivity index (χ4n) is 2.30. The number of rotatable bonds is 9. The van der Waals surface area contributed by atoms with Gasteiger partial charge < -0.3 is 5.11 Å². The second-order valence-corrected chi connectivity index (χ2v) is 5.05. The molecule has 102 valence electrons. The third-order valence-electron chi connectivity index (χ3n) is 3.41. The van der Waals surface area contributed by atoms with Crippen molar-refractivity contribution in [3.8, 4) is 0 Å². The van der Waals surface area contributed by atoms with Crippen LogP contribution < -0.4 is 0 Å². The Morgan fingerprint density at radius 1 is 1.17 bits per heavy atom. The minimum atomic E-state index is -0.966. The third-order valence-corrected chi connectivity index (χ3v) is 3.41. The Morgan fingerprint density at radius 2 is 1.72 bits per heavy atom. The lowest BCUT2D eigenvalue weighted by Crippen LogP contribution is -2.22. The molecule has 0 radical (unpaired) electrons. The monoisotopic (exact) mass is 252 g/mol. The Labute approximate surface area is 109 Å². The number of hydrogen-bond acceptors (Lipinski definition) is 3. The van der Waals surface area contributed by atoms with Crippen molar-refractivity contribution in [1.29, 1.82) is 0 Å². The zero-order valence-corrected chi connectivity index (χ0v) is 11.5. The van der Waals surface area contributed by atoms with E-state index in [9.17, 15) is 4.79 Å². The van der Waals surface area contributed by atoms with Gasteiger partial charge in [0.2, 0.25) is 0 Å². The smallest absolute Gasteiger partial charge is 0.356 e. The van der Waals surface area contributed by atoms with Crippen molar-refractivity contribution in [2.24, 2.45) is 10.2 Å². The first kappa shape index (κ1) is 14.9. The Balaban J connectivity index is 2.64. The number of hydrogen-bond donors (Lipinski definition) is 1. The van der Waals surface area contributed by atoms with E-state index in [-0.39, 0.29) is 11.2 Å². The Hall–Kier alpha value is -1.19. The quantitative estimate of drug-likeness (QED) is 0.621. The molecule has 0 bridgehead atoms. The van der Waals surface area contributed by atoms with Gasteiger partial charge in [-0.1, -0.05) is 52.4 Å². The van der Waals surface area contributed by atoms with Gasteiger partial charge in [-0.05, 0) is 18.9 Å². The summed E-state index contributed by atoms with van der Waals surface area (Å²) in [7, 11) is 0. The molecule has 1 N–H and O–H groups in total. The molecular formula is C14H24N2O2. The van der Waals surface area contributed by atoms with Crippen LogP contribution in [0, 0.1) is 0 Å². The summed E-state index contributed by atoms with van der Waals surface area (Å²) in [6.45, 7) is 4.33. The van der Waals surface area contributed by atoms with Crippen LogP contribution in [0.1, 0.15) is 65.2 Å². The first-order valence-corrected chi connectivity index (χ1v) is 7.02. The SMILES string of the molecule is CCCCCC1(CCCCC)C=C(C(=O)O)N=N1. The van der Waals surface area contributed by atoms with E-state index in [1.165, 1.54) is 12.8 Å². The lowest BCUT2D eigenvalue weighted by Gasteiger charge is -2.22. The lowest BCUT2D eigenvalue weighted by atomic mass is 9.87. The number of azo groups is 1. The Kier molecular flexibility index (Phi) is 6.02. The molecule has 0 saturated heterocycles. The molecule has 0 aliphatic carbocycles. The van der Waals surface area contributed by atoms with Gasteiger partial charge >= 0.3 is 5.97 Å². The average Bonchev–Trinajstić information content (AvgIpc) is 2.75. The Bertz CT molecular complexity index is 325. The molecule has 0 fully saturated rings. The summed E-state index contributed by atoms with van der Waals surface area (Å²) in [5, 5.41) is 17.1. The largest absolute Gasteiger partial charge is 0.476 e. The number of carboxylic acid groups (broad SMARTS) is 1. The molecule has 1 heterocycles. The van der Waals surface area contributed by atoms with Crippen LogP contribution in [-0.2, 0) is 4.79 Å². The third kappa shape index (κ3) is 4.24. The summed E-state index contributed by atoms with van der Waals surface area (Å²) in [6, 6.07) is 0. The summed E-state index contributed by atoms with van der Waals surface area (Å²) < 4.78 is 0. The van der Waals surface area contributed by atoms with Gasteiger partial charge in [-0.15, -0.1) is 5.11 Å². The molecule has 1 aliphatic heterocycles. The van der Waals surface area contributed by atoms with Gasteiger partial charge in [0.05, 0.1) is 0 Å². The molecule has 0 spiro atoms. The van der Waals surface area contributed by atoms with Gasteiger partial charge in [-0.2, -0.15) is 5.11 Å². The number of carbonyl (C=O) groups is 1. The van der Waals surface area contributed by atoms with E-state index in [0.29, 0.717) is 0 Å². The number of aliphatic carboxylic acids is 1. The highest BCUT2D eigenvalue weighted by Gasteiger charge is 2.32. The summed E-state index contributed by atoms with van der Waals surface area (Å²) in [5.74, 6) is -0.966. The second kappa shape index (κ2) is 7.29. The van der Waals surface area contributed by atoms with Gasteiger partial charge in [0.25, 0.3) is 0 Å². The summed E-state index contributed by atoms with van der Waals surface area (Å²) in [5.41, 5.74) is -0.221. The molecule has 1 rings (SSSR count). The topological polar surface area (TPSA) is 62.0 Å². The van der Waals surface area contributed by atoms with Gasteiger partial charge in [-0.25, -0.2) is 4.79 Å². The van der Waals surface area contributed by atoms with Crippen LogP contribution in [-0.4, -0.2) is 16.6 Å². The highest BCUT2D eigenvalue weighted by Crippen LogP contribution is 2.34. The predicted octanol–water partition coefficient (Wildman–Crippen LogP) is 4.32. The zero-order valence-electron chi connectivity index (χ0n) is 11.5. The summed E-state index contributed by atoms with van der Waals surface area (Å²) in [4.78, 5) is 10.9. The van der Waals surface area contributed by atoms with Crippen LogP contribution in [0.15, 0.2) is 22.0 Å². The van der Waals surface area contributed by atoms with E-state index in [0.717, 1.165) is 38.5 Å². The molecule has 18 heavy (non-hydrogen) atoms. The second-order valence-electron chi connectivity index (χ2n) is 5.05.